The highest BCUT2D eigenvalue weighted by Crippen LogP contribution is 2.46. The first-order valence-electron chi connectivity index (χ1n) is 9.77. The maximum absolute atomic E-state index is 5.02. The first kappa shape index (κ1) is 16.9. The van der Waals surface area contributed by atoms with Gasteiger partial charge >= 0.3 is 0 Å². The molecule has 2 aromatic carbocycles. The van der Waals surface area contributed by atoms with Crippen molar-refractivity contribution in [3.8, 4) is 11.1 Å². The minimum atomic E-state index is 0.0302. The van der Waals surface area contributed by atoms with Crippen LogP contribution in [0.2, 0.25) is 0 Å². The molecule has 136 valence electrons. The minimum Gasteiger partial charge on any atom is -0.279 e. The van der Waals surface area contributed by atoms with Crippen LogP contribution in [0.15, 0.2) is 83.9 Å². The largest absolute Gasteiger partial charge is 0.279 e. The second-order valence-electron chi connectivity index (χ2n) is 7.54. The molecule has 0 radical (unpaired) electrons. The molecular weight excluding hydrogens is 340 g/mol. The highest BCUT2D eigenvalue weighted by molar-refractivity contribution is 6.02. The fraction of sp³-hybridized carbons (Fsp3) is 0.154. The number of benzene rings is 2. The molecular formula is C26H22N2. The molecule has 28 heavy (non-hydrogen) atoms. The summed E-state index contributed by atoms with van der Waals surface area (Å²) >= 11 is 0. The van der Waals surface area contributed by atoms with E-state index in [1.807, 2.05) is 0 Å². The summed E-state index contributed by atoms with van der Waals surface area (Å²) in [5.74, 6) is 0.219. The Labute approximate surface area is 166 Å². The van der Waals surface area contributed by atoms with Crippen LogP contribution in [0, 0.1) is 12.8 Å². The van der Waals surface area contributed by atoms with Gasteiger partial charge in [-0.25, -0.2) is 0 Å². The standard InChI is InChI=1S/C26H22N2/c1-17-15-23(19-9-5-3-6-10-19)21-13-14-22-24(20-11-7-4-8-12-20)16-18(2)28-26(22)25(21)27-17/h3-16,21,25H,1-2H3. The Morgan fingerprint density at radius 2 is 1.50 bits per heavy atom. The predicted octanol–water partition coefficient (Wildman–Crippen LogP) is 6.30. The molecule has 0 bridgehead atoms. The van der Waals surface area contributed by atoms with Gasteiger partial charge in [-0.3, -0.25) is 9.98 Å². The van der Waals surface area contributed by atoms with Crippen LogP contribution in [0.4, 0.5) is 0 Å². The molecule has 5 rings (SSSR count). The smallest absolute Gasteiger partial charge is 0.103 e. The molecule has 2 heteroatoms. The van der Waals surface area contributed by atoms with Crippen molar-refractivity contribution in [2.75, 3.05) is 0 Å². The van der Waals surface area contributed by atoms with E-state index >= 15 is 0 Å². The van der Waals surface area contributed by atoms with Gasteiger partial charge in [0, 0.05) is 22.9 Å². The summed E-state index contributed by atoms with van der Waals surface area (Å²) in [5, 5.41) is 0. The van der Waals surface area contributed by atoms with E-state index in [1.54, 1.807) is 0 Å². The zero-order valence-electron chi connectivity index (χ0n) is 16.1. The molecule has 2 unspecified atom stereocenters. The van der Waals surface area contributed by atoms with Crippen molar-refractivity contribution in [2.45, 2.75) is 19.9 Å². The topological polar surface area (TPSA) is 25.2 Å². The Morgan fingerprint density at radius 1 is 0.821 bits per heavy atom. The molecule has 1 aromatic heterocycles. The fourth-order valence-corrected chi connectivity index (χ4v) is 4.34. The van der Waals surface area contributed by atoms with Crippen molar-refractivity contribution in [3.05, 3.63) is 101 Å². The number of allylic oxidation sites excluding steroid dienone is 1. The number of hydrogen-bond acceptors (Lipinski definition) is 2. The van der Waals surface area contributed by atoms with Crippen LogP contribution in [-0.2, 0) is 0 Å². The number of dihydropyridines is 1. The third-order valence-electron chi connectivity index (χ3n) is 5.56. The monoisotopic (exact) mass is 362 g/mol. The average molecular weight is 362 g/mol. The van der Waals surface area contributed by atoms with E-state index in [2.05, 4.69) is 98.8 Å². The van der Waals surface area contributed by atoms with E-state index < -0.39 is 0 Å². The lowest BCUT2D eigenvalue weighted by molar-refractivity contribution is 0.603. The van der Waals surface area contributed by atoms with Crippen molar-refractivity contribution >= 4 is 17.4 Å². The highest BCUT2D eigenvalue weighted by atomic mass is 14.9. The maximum Gasteiger partial charge on any atom is 0.103 e. The van der Waals surface area contributed by atoms with E-state index in [4.69, 9.17) is 9.98 Å². The Balaban J connectivity index is 1.67. The van der Waals surface area contributed by atoms with Crippen LogP contribution in [0.5, 0.6) is 0 Å². The van der Waals surface area contributed by atoms with Gasteiger partial charge in [0.2, 0.25) is 0 Å². The number of aromatic nitrogens is 1. The summed E-state index contributed by atoms with van der Waals surface area (Å²) in [6.07, 6.45) is 6.78. The predicted molar refractivity (Wildman–Crippen MR) is 117 cm³/mol. The second-order valence-corrected chi connectivity index (χ2v) is 7.54. The van der Waals surface area contributed by atoms with Crippen LogP contribution in [0.25, 0.3) is 22.8 Å². The van der Waals surface area contributed by atoms with Crippen molar-refractivity contribution in [3.63, 3.8) is 0 Å². The molecule has 3 aromatic rings. The number of aryl methyl sites for hydroxylation is 1. The Hall–Kier alpha value is -3.26. The van der Waals surface area contributed by atoms with Crippen LogP contribution in [0.1, 0.15) is 35.5 Å². The number of hydrogen-bond donors (Lipinski definition) is 0. The normalized spacial score (nSPS) is 20.1. The summed E-state index contributed by atoms with van der Waals surface area (Å²) in [4.78, 5) is 9.98. The number of fused-ring (bicyclic) bond motifs is 3. The molecule has 1 aliphatic heterocycles. The van der Waals surface area contributed by atoms with Crippen molar-refractivity contribution in [2.24, 2.45) is 10.9 Å². The summed E-state index contributed by atoms with van der Waals surface area (Å²) in [6.45, 7) is 4.17. The SMILES string of the molecule is CC1=NC2c3nc(C)cc(-c4ccccc4)c3C=CC2C(c2ccccc2)=C1. The summed E-state index contributed by atoms with van der Waals surface area (Å²) < 4.78 is 0. The Bertz CT molecular complexity index is 1120. The highest BCUT2D eigenvalue weighted by Gasteiger charge is 2.34. The lowest BCUT2D eigenvalue weighted by Crippen LogP contribution is -2.22. The number of rotatable bonds is 2. The van der Waals surface area contributed by atoms with Crippen molar-refractivity contribution < 1.29 is 0 Å². The van der Waals surface area contributed by atoms with E-state index in [1.165, 1.54) is 27.8 Å². The number of pyridine rings is 1. The second kappa shape index (κ2) is 6.72. The van der Waals surface area contributed by atoms with Gasteiger partial charge < -0.3 is 0 Å². The molecule has 2 atom stereocenters. The molecule has 0 fully saturated rings. The summed E-state index contributed by atoms with van der Waals surface area (Å²) in [6, 6.07) is 23.4. The van der Waals surface area contributed by atoms with Crippen molar-refractivity contribution in [1.82, 2.24) is 4.98 Å². The lowest BCUT2D eigenvalue weighted by Gasteiger charge is -2.32. The summed E-state index contributed by atoms with van der Waals surface area (Å²) in [5.41, 5.74) is 9.43. The van der Waals surface area contributed by atoms with E-state index in [0.717, 1.165) is 17.1 Å². The van der Waals surface area contributed by atoms with Crippen molar-refractivity contribution in [1.29, 1.82) is 0 Å². The molecule has 0 N–H and O–H groups in total. The van der Waals surface area contributed by atoms with Gasteiger partial charge in [0.15, 0.2) is 0 Å². The third kappa shape index (κ3) is 2.82. The van der Waals surface area contributed by atoms with Gasteiger partial charge in [0.25, 0.3) is 0 Å². The molecule has 0 saturated carbocycles. The van der Waals surface area contributed by atoms with Crippen LogP contribution < -0.4 is 0 Å². The minimum absolute atomic E-state index is 0.0302. The molecule has 2 aliphatic rings. The van der Waals surface area contributed by atoms with E-state index in [0.29, 0.717) is 0 Å². The number of aliphatic imine (C=N–C) groups is 1. The van der Waals surface area contributed by atoms with Gasteiger partial charge in [-0.05, 0) is 48.3 Å². The first-order valence-corrected chi connectivity index (χ1v) is 9.77. The van der Waals surface area contributed by atoms with Crippen LogP contribution in [0.3, 0.4) is 0 Å². The number of nitrogens with zero attached hydrogens (tertiary/aromatic N) is 2. The van der Waals surface area contributed by atoms with E-state index in [-0.39, 0.29) is 12.0 Å². The van der Waals surface area contributed by atoms with Gasteiger partial charge in [0.05, 0.1) is 5.69 Å². The molecule has 0 saturated heterocycles. The molecule has 0 amide bonds. The molecule has 0 spiro atoms. The van der Waals surface area contributed by atoms with Crippen LogP contribution in [-0.4, -0.2) is 10.7 Å². The zero-order chi connectivity index (χ0) is 19.1. The van der Waals surface area contributed by atoms with Gasteiger partial charge in [-0.1, -0.05) is 72.8 Å². The van der Waals surface area contributed by atoms with Crippen LogP contribution >= 0.6 is 0 Å². The summed E-state index contributed by atoms with van der Waals surface area (Å²) in [7, 11) is 0. The lowest BCUT2D eigenvalue weighted by atomic mass is 9.77. The maximum atomic E-state index is 5.02. The Kier molecular flexibility index (Phi) is 4.05. The molecule has 1 aliphatic carbocycles. The molecule has 2 nitrogen and oxygen atoms in total. The average Bonchev–Trinajstić information content (AvgIpc) is 2.74. The first-order chi connectivity index (χ1) is 13.7. The zero-order valence-corrected chi connectivity index (χ0v) is 16.1. The van der Waals surface area contributed by atoms with Gasteiger partial charge in [0.1, 0.15) is 6.04 Å². The van der Waals surface area contributed by atoms with Gasteiger partial charge in [-0.15, -0.1) is 0 Å². The van der Waals surface area contributed by atoms with E-state index in [9.17, 15) is 0 Å². The van der Waals surface area contributed by atoms with Gasteiger partial charge in [-0.2, -0.15) is 0 Å². The third-order valence-corrected chi connectivity index (χ3v) is 5.56. The Morgan fingerprint density at radius 3 is 2.21 bits per heavy atom. The quantitative estimate of drug-likeness (QED) is 0.525. The molecule has 2 heterocycles. The fourth-order valence-electron chi connectivity index (χ4n) is 4.34.